The second kappa shape index (κ2) is 5.19. The lowest BCUT2D eigenvalue weighted by Gasteiger charge is -2.32. The third kappa shape index (κ3) is 2.70. The lowest BCUT2D eigenvalue weighted by atomic mass is 9.87. The molecule has 2 aliphatic rings. The van der Waals surface area contributed by atoms with E-state index in [0.717, 1.165) is 6.54 Å². The summed E-state index contributed by atoms with van der Waals surface area (Å²) in [6, 6.07) is 10.3. The van der Waals surface area contributed by atoms with Gasteiger partial charge < -0.3 is 10.6 Å². The maximum Gasteiger partial charge on any atom is 0.0195 e. The average Bonchev–Trinajstić information content (AvgIpc) is 2.40. The fraction of sp³-hybridized carbons (Fsp3) is 0.600. The molecule has 0 aromatic heterocycles. The van der Waals surface area contributed by atoms with Crippen LogP contribution in [-0.2, 0) is 12.8 Å². The molecule has 1 saturated heterocycles. The van der Waals surface area contributed by atoms with Crippen LogP contribution in [0.25, 0.3) is 0 Å². The van der Waals surface area contributed by atoms with E-state index in [9.17, 15) is 0 Å². The molecule has 1 unspecified atom stereocenters. The van der Waals surface area contributed by atoms with Crippen LogP contribution in [0.3, 0.4) is 0 Å². The number of hydrogen-bond donors (Lipinski definition) is 2. The molecule has 2 heteroatoms. The van der Waals surface area contributed by atoms with Gasteiger partial charge in [0.2, 0.25) is 0 Å². The summed E-state index contributed by atoms with van der Waals surface area (Å²) < 4.78 is 0. The second-order valence-electron chi connectivity index (χ2n) is 5.42. The fourth-order valence-electron chi connectivity index (χ4n) is 3.17. The molecule has 0 spiro atoms. The molecule has 1 heterocycles. The Hall–Kier alpha value is -0.860. The van der Waals surface area contributed by atoms with Gasteiger partial charge in [0.1, 0.15) is 0 Å². The molecule has 17 heavy (non-hydrogen) atoms. The first-order valence-electron chi connectivity index (χ1n) is 6.95. The summed E-state index contributed by atoms with van der Waals surface area (Å²) in [6.45, 7) is 2.35. The molecule has 0 bridgehead atoms. The van der Waals surface area contributed by atoms with Gasteiger partial charge in [-0.25, -0.2) is 0 Å². The highest BCUT2D eigenvalue weighted by Crippen LogP contribution is 2.21. The number of piperidine rings is 1. The predicted octanol–water partition coefficient (Wildman–Crippen LogP) is 1.89. The van der Waals surface area contributed by atoms with Crippen LogP contribution in [0.1, 0.15) is 30.4 Å². The summed E-state index contributed by atoms with van der Waals surface area (Å²) in [5, 5.41) is 7.32. The molecule has 1 aliphatic carbocycles. The molecule has 2 nitrogen and oxygen atoms in total. The minimum absolute atomic E-state index is 0.690. The molecular weight excluding hydrogens is 208 g/mol. The van der Waals surface area contributed by atoms with Gasteiger partial charge in [-0.05, 0) is 49.8 Å². The van der Waals surface area contributed by atoms with E-state index >= 15 is 0 Å². The van der Waals surface area contributed by atoms with E-state index < -0.39 is 0 Å². The maximum atomic E-state index is 3.84. The topological polar surface area (TPSA) is 24.1 Å². The Labute approximate surface area is 104 Å². The Balaban J connectivity index is 1.60. The molecule has 2 N–H and O–H groups in total. The van der Waals surface area contributed by atoms with Gasteiger partial charge in [-0.2, -0.15) is 0 Å². The molecule has 0 saturated carbocycles. The van der Waals surface area contributed by atoms with Gasteiger partial charge in [-0.15, -0.1) is 0 Å². The van der Waals surface area contributed by atoms with E-state index in [1.54, 1.807) is 11.1 Å². The summed E-state index contributed by atoms with van der Waals surface area (Å²) in [5.41, 5.74) is 3.12. The zero-order chi connectivity index (χ0) is 11.5. The molecule has 3 rings (SSSR count). The van der Waals surface area contributed by atoms with Crippen molar-refractivity contribution in [3.8, 4) is 0 Å². The number of nitrogens with one attached hydrogen (secondary N) is 2. The second-order valence-corrected chi connectivity index (χ2v) is 5.42. The van der Waals surface area contributed by atoms with Gasteiger partial charge in [0, 0.05) is 18.6 Å². The van der Waals surface area contributed by atoms with Crippen molar-refractivity contribution in [1.82, 2.24) is 10.6 Å². The third-order valence-corrected chi connectivity index (χ3v) is 4.12. The first-order valence-corrected chi connectivity index (χ1v) is 6.95. The van der Waals surface area contributed by atoms with Gasteiger partial charge in [0.15, 0.2) is 0 Å². The number of aryl methyl sites for hydroxylation is 1. The van der Waals surface area contributed by atoms with E-state index in [4.69, 9.17) is 0 Å². The third-order valence-electron chi connectivity index (χ3n) is 4.12. The van der Waals surface area contributed by atoms with Crippen LogP contribution >= 0.6 is 0 Å². The fourth-order valence-corrected chi connectivity index (χ4v) is 3.17. The lowest BCUT2D eigenvalue weighted by Crippen LogP contribution is -2.48. The van der Waals surface area contributed by atoms with Gasteiger partial charge in [-0.1, -0.05) is 24.3 Å². The summed E-state index contributed by atoms with van der Waals surface area (Å²) in [7, 11) is 0. The van der Waals surface area contributed by atoms with Crippen LogP contribution in [-0.4, -0.2) is 25.2 Å². The summed E-state index contributed by atoms with van der Waals surface area (Å²) in [4.78, 5) is 0. The van der Waals surface area contributed by atoms with Crippen molar-refractivity contribution < 1.29 is 0 Å². The molecule has 1 aromatic carbocycles. The molecular formula is C15H22N2. The van der Waals surface area contributed by atoms with Gasteiger partial charge in [0.05, 0.1) is 0 Å². The lowest BCUT2D eigenvalue weighted by molar-refractivity contribution is 0.333. The quantitative estimate of drug-likeness (QED) is 0.810. The normalized spacial score (nSPS) is 28.7. The van der Waals surface area contributed by atoms with Crippen LogP contribution < -0.4 is 10.6 Å². The molecule has 1 aliphatic heterocycles. The number of hydrogen-bond acceptors (Lipinski definition) is 2. The molecule has 92 valence electrons. The van der Waals surface area contributed by atoms with Gasteiger partial charge >= 0.3 is 0 Å². The monoisotopic (exact) mass is 230 g/mol. The van der Waals surface area contributed by atoms with E-state index in [1.807, 2.05) is 0 Å². The largest absolute Gasteiger partial charge is 0.315 e. The van der Waals surface area contributed by atoms with Crippen molar-refractivity contribution in [2.45, 2.75) is 44.2 Å². The standard InChI is InChI=1S/C15H22N2/c1-2-5-13-10-14(8-7-12(13)4-1)17-15-6-3-9-16-11-15/h1-2,4-5,14-17H,3,6-11H2/t14?,15-/m0/s1. The summed E-state index contributed by atoms with van der Waals surface area (Å²) >= 11 is 0. The van der Waals surface area contributed by atoms with Crippen LogP contribution in [0, 0.1) is 0 Å². The van der Waals surface area contributed by atoms with Crippen LogP contribution in [0.15, 0.2) is 24.3 Å². The minimum atomic E-state index is 0.690. The summed E-state index contributed by atoms with van der Waals surface area (Å²) in [6.07, 6.45) is 6.42. The van der Waals surface area contributed by atoms with Crippen molar-refractivity contribution in [3.05, 3.63) is 35.4 Å². The van der Waals surface area contributed by atoms with Crippen LogP contribution in [0.4, 0.5) is 0 Å². The van der Waals surface area contributed by atoms with Crippen molar-refractivity contribution in [2.75, 3.05) is 13.1 Å². The zero-order valence-corrected chi connectivity index (χ0v) is 10.4. The van der Waals surface area contributed by atoms with Crippen LogP contribution in [0.2, 0.25) is 0 Å². The Bertz CT molecular complexity index is 369. The Kier molecular flexibility index (Phi) is 3.44. The number of rotatable bonds is 2. The highest BCUT2D eigenvalue weighted by atomic mass is 15.0. The van der Waals surface area contributed by atoms with E-state index in [1.165, 1.54) is 38.6 Å². The van der Waals surface area contributed by atoms with E-state index in [0.29, 0.717) is 12.1 Å². The number of benzene rings is 1. The summed E-state index contributed by atoms with van der Waals surface area (Å²) in [5.74, 6) is 0. The Morgan fingerprint density at radius 2 is 1.94 bits per heavy atom. The SMILES string of the molecule is c1ccc2c(c1)CCC(N[C@H]1CCCNC1)C2. The zero-order valence-electron chi connectivity index (χ0n) is 10.4. The Morgan fingerprint density at radius 3 is 2.76 bits per heavy atom. The van der Waals surface area contributed by atoms with E-state index in [2.05, 4.69) is 34.9 Å². The highest BCUT2D eigenvalue weighted by molar-refractivity contribution is 5.30. The predicted molar refractivity (Wildman–Crippen MR) is 71.3 cm³/mol. The molecule has 1 aromatic rings. The van der Waals surface area contributed by atoms with Gasteiger partial charge in [0.25, 0.3) is 0 Å². The Morgan fingerprint density at radius 1 is 1.06 bits per heavy atom. The molecule has 0 amide bonds. The average molecular weight is 230 g/mol. The molecule has 2 atom stereocenters. The molecule has 0 radical (unpaired) electrons. The van der Waals surface area contributed by atoms with Crippen molar-refractivity contribution in [1.29, 1.82) is 0 Å². The highest BCUT2D eigenvalue weighted by Gasteiger charge is 2.21. The van der Waals surface area contributed by atoms with E-state index in [-0.39, 0.29) is 0 Å². The van der Waals surface area contributed by atoms with Crippen LogP contribution in [0.5, 0.6) is 0 Å². The first kappa shape index (κ1) is 11.2. The smallest absolute Gasteiger partial charge is 0.0195 e. The van der Waals surface area contributed by atoms with Gasteiger partial charge in [-0.3, -0.25) is 0 Å². The van der Waals surface area contributed by atoms with Crippen molar-refractivity contribution >= 4 is 0 Å². The maximum absolute atomic E-state index is 3.84. The van der Waals surface area contributed by atoms with Crippen molar-refractivity contribution in [2.24, 2.45) is 0 Å². The first-order chi connectivity index (χ1) is 8.42. The molecule has 1 fully saturated rings. The minimum Gasteiger partial charge on any atom is -0.315 e. The van der Waals surface area contributed by atoms with Crippen molar-refractivity contribution in [3.63, 3.8) is 0 Å². The number of fused-ring (bicyclic) bond motifs is 1.